The molecule has 29 heavy (non-hydrogen) atoms. The molecule has 0 aliphatic heterocycles. The molecule has 0 atom stereocenters. The van der Waals surface area contributed by atoms with Crippen LogP contribution in [0.5, 0.6) is 5.75 Å². The SMILES string of the molecule is COc1cccc(NC(=O)N(Cc2cn(C)c3ccccc23)C2CCCCC2)c1. The highest BCUT2D eigenvalue weighted by Crippen LogP contribution is 2.28. The summed E-state index contributed by atoms with van der Waals surface area (Å²) < 4.78 is 7.43. The van der Waals surface area contributed by atoms with Crippen molar-refractivity contribution in [3.8, 4) is 5.75 Å². The third-order valence-corrected chi connectivity index (χ3v) is 5.92. The van der Waals surface area contributed by atoms with E-state index in [0.29, 0.717) is 6.54 Å². The number of carbonyl (C=O) groups excluding carboxylic acids is 1. The highest BCUT2D eigenvalue weighted by atomic mass is 16.5. The summed E-state index contributed by atoms with van der Waals surface area (Å²) in [7, 11) is 3.70. The number of urea groups is 1. The fourth-order valence-corrected chi connectivity index (χ4v) is 4.39. The third kappa shape index (κ3) is 4.24. The summed E-state index contributed by atoms with van der Waals surface area (Å²) in [4.78, 5) is 15.4. The molecule has 1 fully saturated rings. The number of benzene rings is 2. The van der Waals surface area contributed by atoms with Crippen LogP contribution in [0.4, 0.5) is 10.5 Å². The molecule has 2 amide bonds. The van der Waals surface area contributed by atoms with Crippen LogP contribution in [0.15, 0.2) is 54.7 Å². The Morgan fingerprint density at radius 1 is 1.14 bits per heavy atom. The van der Waals surface area contributed by atoms with E-state index in [1.165, 1.54) is 35.7 Å². The van der Waals surface area contributed by atoms with E-state index in [-0.39, 0.29) is 12.1 Å². The topological polar surface area (TPSA) is 46.5 Å². The normalized spacial score (nSPS) is 14.7. The molecule has 1 aliphatic carbocycles. The molecule has 0 bridgehead atoms. The molecular formula is C24H29N3O2. The number of amides is 2. The predicted molar refractivity (Wildman–Crippen MR) is 117 cm³/mol. The highest BCUT2D eigenvalue weighted by Gasteiger charge is 2.26. The maximum atomic E-state index is 13.3. The predicted octanol–water partition coefficient (Wildman–Crippen LogP) is 5.55. The van der Waals surface area contributed by atoms with Crippen LogP contribution in [0, 0.1) is 0 Å². The number of rotatable bonds is 5. The zero-order chi connectivity index (χ0) is 20.2. The van der Waals surface area contributed by atoms with Gasteiger partial charge >= 0.3 is 6.03 Å². The van der Waals surface area contributed by atoms with Crippen LogP contribution >= 0.6 is 0 Å². The summed E-state index contributed by atoms with van der Waals surface area (Å²) in [6.45, 7) is 0.613. The van der Waals surface area contributed by atoms with Crippen LogP contribution in [-0.4, -0.2) is 28.6 Å². The molecule has 1 saturated carbocycles. The van der Waals surface area contributed by atoms with Gasteiger partial charge in [0.1, 0.15) is 5.75 Å². The lowest BCUT2D eigenvalue weighted by Crippen LogP contribution is -2.43. The van der Waals surface area contributed by atoms with Gasteiger partial charge < -0.3 is 19.5 Å². The molecule has 0 unspecified atom stereocenters. The van der Waals surface area contributed by atoms with E-state index in [1.807, 2.05) is 29.2 Å². The Hall–Kier alpha value is -2.95. The van der Waals surface area contributed by atoms with Gasteiger partial charge in [-0.3, -0.25) is 0 Å². The van der Waals surface area contributed by atoms with E-state index >= 15 is 0 Å². The second-order valence-electron chi connectivity index (χ2n) is 7.86. The van der Waals surface area contributed by atoms with Crippen LogP contribution in [-0.2, 0) is 13.6 Å². The fraction of sp³-hybridized carbons (Fsp3) is 0.375. The number of aromatic nitrogens is 1. The minimum Gasteiger partial charge on any atom is -0.497 e. The number of hydrogen-bond acceptors (Lipinski definition) is 2. The van der Waals surface area contributed by atoms with Crippen LogP contribution in [0.1, 0.15) is 37.7 Å². The van der Waals surface area contributed by atoms with Crippen LogP contribution in [0.3, 0.4) is 0 Å². The number of aryl methyl sites for hydroxylation is 1. The van der Waals surface area contributed by atoms with Gasteiger partial charge in [0.15, 0.2) is 0 Å². The van der Waals surface area contributed by atoms with Gasteiger partial charge in [0.05, 0.1) is 7.11 Å². The number of para-hydroxylation sites is 1. The van der Waals surface area contributed by atoms with Crippen molar-refractivity contribution >= 4 is 22.6 Å². The first kappa shape index (κ1) is 19.4. The monoisotopic (exact) mass is 391 g/mol. The number of hydrogen-bond donors (Lipinski definition) is 1. The van der Waals surface area contributed by atoms with E-state index in [1.54, 1.807) is 7.11 Å². The Balaban J connectivity index is 1.61. The van der Waals surface area contributed by atoms with E-state index < -0.39 is 0 Å². The van der Waals surface area contributed by atoms with Gasteiger partial charge in [-0.15, -0.1) is 0 Å². The zero-order valence-electron chi connectivity index (χ0n) is 17.2. The fourth-order valence-electron chi connectivity index (χ4n) is 4.39. The van der Waals surface area contributed by atoms with Crippen LogP contribution in [0.25, 0.3) is 10.9 Å². The average molecular weight is 392 g/mol. The minimum absolute atomic E-state index is 0.0434. The Morgan fingerprint density at radius 2 is 1.93 bits per heavy atom. The summed E-state index contributed by atoms with van der Waals surface area (Å²) in [5, 5.41) is 4.30. The molecule has 3 aromatic rings. The summed E-state index contributed by atoms with van der Waals surface area (Å²) in [5.74, 6) is 0.737. The first-order valence-electron chi connectivity index (χ1n) is 10.4. The van der Waals surface area contributed by atoms with Crippen molar-refractivity contribution in [1.29, 1.82) is 0 Å². The molecule has 152 valence electrons. The summed E-state index contributed by atoms with van der Waals surface area (Å²) >= 11 is 0. The molecule has 5 nitrogen and oxygen atoms in total. The molecule has 1 aromatic heterocycles. The number of ether oxygens (including phenoxy) is 1. The van der Waals surface area contributed by atoms with Gasteiger partial charge in [-0.2, -0.15) is 0 Å². The van der Waals surface area contributed by atoms with E-state index in [4.69, 9.17) is 4.74 Å². The maximum absolute atomic E-state index is 13.3. The number of carbonyl (C=O) groups is 1. The van der Waals surface area contributed by atoms with Gasteiger partial charge in [0.2, 0.25) is 0 Å². The van der Waals surface area contributed by atoms with Crippen molar-refractivity contribution in [1.82, 2.24) is 9.47 Å². The molecule has 4 rings (SSSR count). The van der Waals surface area contributed by atoms with Gasteiger partial charge in [-0.1, -0.05) is 43.5 Å². The Kier molecular flexibility index (Phi) is 5.74. The van der Waals surface area contributed by atoms with Crippen molar-refractivity contribution in [3.05, 3.63) is 60.3 Å². The zero-order valence-corrected chi connectivity index (χ0v) is 17.2. The Morgan fingerprint density at radius 3 is 2.72 bits per heavy atom. The van der Waals surface area contributed by atoms with Gasteiger partial charge in [-0.25, -0.2) is 4.79 Å². The van der Waals surface area contributed by atoms with E-state index in [9.17, 15) is 4.79 Å². The largest absolute Gasteiger partial charge is 0.497 e. The summed E-state index contributed by atoms with van der Waals surface area (Å²) in [5.41, 5.74) is 3.14. The highest BCUT2D eigenvalue weighted by molar-refractivity contribution is 5.90. The molecule has 0 saturated heterocycles. The second kappa shape index (κ2) is 8.60. The number of nitrogens with zero attached hydrogens (tertiary/aromatic N) is 2. The van der Waals surface area contributed by atoms with Crippen molar-refractivity contribution in [2.45, 2.75) is 44.7 Å². The van der Waals surface area contributed by atoms with Crippen molar-refractivity contribution in [2.24, 2.45) is 7.05 Å². The molecule has 0 radical (unpaired) electrons. The van der Waals surface area contributed by atoms with Crippen LogP contribution in [0.2, 0.25) is 0 Å². The smallest absolute Gasteiger partial charge is 0.322 e. The van der Waals surface area contributed by atoms with E-state index in [0.717, 1.165) is 24.3 Å². The molecule has 0 spiro atoms. The summed E-state index contributed by atoms with van der Waals surface area (Å²) in [6, 6.07) is 16.1. The van der Waals surface area contributed by atoms with Crippen molar-refractivity contribution in [2.75, 3.05) is 12.4 Å². The lowest BCUT2D eigenvalue weighted by Gasteiger charge is -2.34. The molecule has 1 N–H and O–H groups in total. The Bertz CT molecular complexity index is 989. The molecule has 1 aliphatic rings. The quantitative estimate of drug-likeness (QED) is 0.619. The minimum atomic E-state index is -0.0434. The standard InChI is InChI=1S/C24H29N3O2/c1-26-16-18(22-13-6-7-14-23(22)26)17-27(20-10-4-3-5-11-20)24(28)25-19-9-8-12-21(15-19)29-2/h6-9,12-16,20H,3-5,10-11,17H2,1-2H3,(H,25,28). The number of nitrogens with one attached hydrogen (secondary N) is 1. The average Bonchev–Trinajstić information content (AvgIpc) is 3.08. The maximum Gasteiger partial charge on any atom is 0.322 e. The number of methoxy groups -OCH3 is 1. The molecule has 1 heterocycles. The first-order valence-corrected chi connectivity index (χ1v) is 10.4. The van der Waals surface area contributed by atoms with E-state index in [2.05, 4.69) is 47.4 Å². The Labute approximate surface area is 172 Å². The lowest BCUT2D eigenvalue weighted by molar-refractivity contribution is 0.163. The molecule has 2 aromatic carbocycles. The lowest BCUT2D eigenvalue weighted by atomic mass is 9.94. The van der Waals surface area contributed by atoms with Gasteiger partial charge in [-0.05, 0) is 36.6 Å². The van der Waals surface area contributed by atoms with Gasteiger partial charge in [0, 0.05) is 48.5 Å². The van der Waals surface area contributed by atoms with Crippen LogP contribution < -0.4 is 10.1 Å². The number of anilines is 1. The summed E-state index contributed by atoms with van der Waals surface area (Å²) in [6.07, 6.45) is 7.91. The number of fused-ring (bicyclic) bond motifs is 1. The third-order valence-electron chi connectivity index (χ3n) is 5.92. The van der Waals surface area contributed by atoms with Crippen molar-refractivity contribution < 1.29 is 9.53 Å². The van der Waals surface area contributed by atoms with Gasteiger partial charge in [0.25, 0.3) is 0 Å². The second-order valence-corrected chi connectivity index (χ2v) is 7.86. The molecule has 5 heteroatoms. The first-order chi connectivity index (χ1) is 14.2. The van der Waals surface area contributed by atoms with Crippen molar-refractivity contribution in [3.63, 3.8) is 0 Å². The molecular weight excluding hydrogens is 362 g/mol.